The van der Waals surface area contributed by atoms with Crippen LogP contribution in [0.4, 0.5) is 5.82 Å². The quantitative estimate of drug-likeness (QED) is 0.703. The Balaban J connectivity index is 1.46. The van der Waals surface area contributed by atoms with Gasteiger partial charge in [-0.15, -0.1) is 0 Å². The number of hydrogen-bond acceptors (Lipinski definition) is 5. The Morgan fingerprint density at radius 2 is 2.18 bits per heavy atom. The normalized spacial score (nSPS) is 14.1. The molecule has 2 aromatic heterocycles. The van der Waals surface area contributed by atoms with Gasteiger partial charge >= 0.3 is 5.69 Å². The molecule has 2 N–H and O–H groups in total. The van der Waals surface area contributed by atoms with Gasteiger partial charge in [-0.05, 0) is 44.4 Å². The summed E-state index contributed by atoms with van der Waals surface area (Å²) in [4.78, 5) is 37.8. The highest BCUT2D eigenvalue weighted by molar-refractivity contribution is 5.97. The van der Waals surface area contributed by atoms with Gasteiger partial charge in [0.25, 0.3) is 5.91 Å². The maximum absolute atomic E-state index is 12.9. The largest absolute Gasteiger partial charge is 0.368 e. The van der Waals surface area contributed by atoms with E-state index >= 15 is 0 Å². The number of hydrogen-bond donors (Lipinski definition) is 2. The Kier molecular flexibility index (Phi) is 4.62. The fourth-order valence-corrected chi connectivity index (χ4v) is 3.67. The number of carbonyl (C=O) groups is 1. The van der Waals surface area contributed by atoms with Crippen LogP contribution in [-0.4, -0.2) is 50.0 Å². The van der Waals surface area contributed by atoms with Crippen molar-refractivity contribution < 1.29 is 4.79 Å². The lowest BCUT2D eigenvalue weighted by molar-refractivity contribution is 0.0751. The van der Waals surface area contributed by atoms with Crippen LogP contribution in [0.1, 0.15) is 35.0 Å². The van der Waals surface area contributed by atoms with E-state index in [4.69, 9.17) is 0 Å². The third-order valence-corrected chi connectivity index (χ3v) is 5.57. The van der Waals surface area contributed by atoms with Gasteiger partial charge in [-0.2, -0.15) is 0 Å². The molecular formula is C20H24N6O2. The fourth-order valence-electron chi connectivity index (χ4n) is 3.67. The number of H-pyrrole nitrogens is 1. The van der Waals surface area contributed by atoms with E-state index < -0.39 is 0 Å². The van der Waals surface area contributed by atoms with E-state index in [0.29, 0.717) is 17.6 Å². The zero-order chi connectivity index (χ0) is 19.8. The summed E-state index contributed by atoms with van der Waals surface area (Å²) in [5, 5.41) is 3.38. The van der Waals surface area contributed by atoms with E-state index in [1.165, 1.54) is 10.1 Å². The molecule has 0 saturated carbocycles. The highest BCUT2D eigenvalue weighted by Crippen LogP contribution is 2.25. The molecule has 0 radical (unpaired) electrons. The lowest BCUT2D eigenvalue weighted by Crippen LogP contribution is -2.39. The van der Waals surface area contributed by atoms with Gasteiger partial charge in [-0.1, -0.05) is 0 Å². The third kappa shape index (κ3) is 3.15. The molecule has 8 nitrogen and oxygen atoms in total. The number of aryl methyl sites for hydroxylation is 2. The number of anilines is 1. The van der Waals surface area contributed by atoms with E-state index in [1.807, 2.05) is 6.92 Å². The average molecular weight is 380 g/mol. The number of nitrogens with zero attached hydrogens (tertiary/aromatic N) is 4. The van der Waals surface area contributed by atoms with E-state index in [9.17, 15) is 9.59 Å². The molecule has 1 aliphatic carbocycles. The minimum Gasteiger partial charge on any atom is -0.368 e. The number of likely N-dealkylation sites (N-methyl/N-ethyl adjacent to an activating group) is 1. The number of aromatic amines is 1. The second-order valence-electron chi connectivity index (χ2n) is 7.37. The van der Waals surface area contributed by atoms with E-state index in [1.54, 1.807) is 43.5 Å². The van der Waals surface area contributed by atoms with Gasteiger partial charge in [-0.25, -0.2) is 14.8 Å². The number of carbonyl (C=O) groups excluding carboxylic acids is 1. The number of fused-ring (bicyclic) bond motifs is 2. The lowest BCUT2D eigenvalue weighted by Gasteiger charge is -2.26. The molecule has 146 valence electrons. The Labute approximate surface area is 162 Å². The van der Waals surface area contributed by atoms with Crippen molar-refractivity contribution in [1.82, 2.24) is 24.4 Å². The van der Waals surface area contributed by atoms with E-state index in [-0.39, 0.29) is 17.6 Å². The van der Waals surface area contributed by atoms with Crippen LogP contribution in [0, 0.1) is 0 Å². The number of nitrogens with one attached hydrogen (secondary N) is 2. The summed E-state index contributed by atoms with van der Waals surface area (Å²) >= 11 is 0. The molecule has 1 aromatic carbocycles. The Hall–Kier alpha value is -3.16. The van der Waals surface area contributed by atoms with Gasteiger partial charge in [-0.3, -0.25) is 9.36 Å². The van der Waals surface area contributed by atoms with Crippen molar-refractivity contribution in [2.45, 2.75) is 32.2 Å². The maximum atomic E-state index is 12.9. The van der Waals surface area contributed by atoms with Crippen molar-refractivity contribution in [3.8, 4) is 0 Å². The Morgan fingerprint density at radius 3 is 3.00 bits per heavy atom. The smallest absolute Gasteiger partial charge is 0.326 e. The molecule has 8 heteroatoms. The predicted molar refractivity (Wildman–Crippen MR) is 108 cm³/mol. The van der Waals surface area contributed by atoms with Gasteiger partial charge in [0.05, 0.1) is 11.0 Å². The van der Waals surface area contributed by atoms with Crippen LogP contribution in [-0.2, 0) is 19.9 Å². The molecule has 0 fully saturated rings. The van der Waals surface area contributed by atoms with Gasteiger partial charge in [0.15, 0.2) is 0 Å². The number of imidazole rings is 1. The second kappa shape index (κ2) is 7.10. The number of rotatable bonds is 5. The molecule has 1 unspecified atom stereocenters. The van der Waals surface area contributed by atoms with Crippen molar-refractivity contribution in [2.75, 3.05) is 18.9 Å². The minimum atomic E-state index is -0.192. The minimum absolute atomic E-state index is 0.0370. The maximum Gasteiger partial charge on any atom is 0.326 e. The lowest BCUT2D eigenvalue weighted by atomic mass is 10.1. The van der Waals surface area contributed by atoms with Crippen molar-refractivity contribution in [1.29, 1.82) is 0 Å². The monoisotopic (exact) mass is 380 g/mol. The van der Waals surface area contributed by atoms with Crippen LogP contribution < -0.4 is 11.0 Å². The van der Waals surface area contributed by atoms with Crippen molar-refractivity contribution in [3.05, 3.63) is 51.8 Å². The zero-order valence-electron chi connectivity index (χ0n) is 16.3. The molecule has 1 atom stereocenters. The summed E-state index contributed by atoms with van der Waals surface area (Å²) in [6.07, 6.45) is 4.71. The molecule has 0 spiro atoms. The summed E-state index contributed by atoms with van der Waals surface area (Å²) in [5.41, 5.74) is 4.11. The van der Waals surface area contributed by atoms with Crippen molar-refractivity contribution in [2.24, 2.45) is 7.05 Å². The van der Waals surface area contributed by atoms with Crippen LogP contribution in [0.2, 0.25) is 0 Å². The summed E-state index contributed by atoms with van der Waals surface area (Å²) < 4.78 is 1.53. The van der Waals surface area contributed by atoms with Crippen molar-refractivity contribution >= 4 is 22.8 Å². The predicted octanol–water partition coefficient (Wildman–Crippen LogP) is 1.72. The first-order valence-corrected chi connectivity index (χ1v) is 9.48. The van der Waals surface area contributed by atoms with Gasteiger partial charge in [0.1, 0.15) is 12.1 Å². The number of aromatic nitrogens is 4. The summed E-state index contributed by atoms with van der Waals surface area (Å²) in [5.74, 6) is 0.785. The Morgan fingerprint density at radius 1 is 1.36 bits per heavy atom. The third-order valence-electron chi connectivity index (χ3n) is 5.57. The van der Waals surface area contributed by atoms with Crippen LogP contribution in [0.5, 0.6) is 0 Å². The van der Waals surface area contributed by atoms with Gasteiger partial charge < -0.3 is 15.2 Å². The SMILES string of the molecule is CC(CNc1ncnc2c1CCC2)N(C)C(=O)c1ccc2c(c1)[nH]c(=O)n2C. The van der Waals surface area contributed by atoms with Crippen LogP contribution in [0.15, 0.2) is 29.3 Å². The first kappa shape index (κ1) is 18.2. The highest BCUT2D eigenvalue weighted by Gasteiger charge is 2.21. The molecule has 0 bridgehead atoms. The molecule has 3 aromatic rings. The molecule has 1 aliphatic rings. The van der Waals surface area contributed by atoms with Crippen LogP contribution in [0.25, 0.3) is 11.0 Å². The van der Waals surface area contributed by atoms with Crippen LogP contribution in [0.3, 0.4) is 0 Å². The number of amides is 1. The first-order valence-electron chi connectivity index (χ1n) is 9.48. The second-order valence-corrected chi connectivity index (χ2v) is 7.37. The van der Waals surface area contributed by atoms with Crippen molar-refractivity contribution in [3.63, 3.8) is 0 Å². The summed E-state index contributed by atoms with van der Waals surface area (Å²) in [6.45, 7) is 2.59. The van der Waals surface area contributed by atoms with Gasteiger partial charge in [0, 0.05) is 43.5 Å². The fraction of sp³-hybridized carbons (Fsp3) is 0.400. The molecule has 1 amide bonds. The number of benzene rings is 1. The highest BCUT2D eigenvalue weighted by atomic mass is 16.2. The Bertz CT molecular complexity index is 1100. The van der Waals surface area contributed by atoms with Crippen LogP contribution >= 0.6 is 0 Å². The molecule has 4 rings (SSSR count). The summed E-state index contributed by atoms with van der Waals surface area (Å²) in [6, 6.07) is 5.24. The first-order chi connectivity index (χ1) is 13.5. The van der Waals surface area contributed by atoms with E-state index in [0.717, 1.165) is 36.3 Å². The summed E-state index contributed by atoms with van der Waals surface area (Å²) in [7, 11) is 3.49. The zero-order valence-corrected chi connectivity index (χ0v) is 16.3. The standard InChI is InChI=1S/C20H24N6O2/c1-12(10-21-18-14-5-4-6-15(14)22-11-23-18)25(2)19(27)13-7-8-17-16(9-13)24-20(28)26(17)3/h7-9,11-12H,4-6,10H2,1-3H3,(H,24,28)(H,21,22,23). The van der Waals surface area contributed by atoms with E-state index in [2.05, 4.69) is 20.3 Å². The average Bonchev–Trinajstić information content (AvgIpc) is 3.29. The molecule has 28 heavy (non-hydrogen) atoms. The topological polar surface area (TPSA) is 95.9 Å². The molecule has 0 saturated heterocycles. The molecular weight excluding hydrogens is 356 g/mol. The molecule has 2 heterocycles. The molecule has 0 aliphatic heterocycles. The van der Waals surface area contributed by atoms with Gasteiger partial charge in [0.2, 0.25) is 0 Å².